The summed E-state index contributed by atoms with van der Waals surface area (Å²) in [5.41, 5.74) is 0.923. The molecule has 2 heterocycles. The molecule has 3 rings (SSSR count). The summed E-state index contributed by atoms with van der Waals surface area (Å²) < 4.78 is 42.9. The standard InChI is InChI=1S/C18H23N3O7S/c1-14-5-7-16(8-6-14)29(24,25)27-13-15(28-17-4-2-3-11-26-17)12-20-10-9-19-18(20)21(22)23/h5-10,15,17H,2-4,11-13H2,1H3. The van der Waals surface area contributed by atoms with Gasteiger partial charge in [-0.05, 0) is 43.2 Å². The Morgan fingerprint density at radius 1 is 1.34 bits per heavy atom. The van der Waals surface area contributed by atoms with Crippen molar-refractivity contribution in [2.24, 2.45) is 0 Å². The van der Waals surface area contributed by atoms with Gasteiger partial charge in [0, 0.05) is 6.61 Å². The molecule has 2 atom stereocenters. The average molecular weight is 425 g/mol. The van der Waals surface area contributed by atoms with Crippen LogP contribution in [-0.4, -0.2) is 48.5 Å². The fourth-order valence-electron chi connectivity index (χ4n) is 2.94. The molecule has 2 unspecified atom stereocenters. The monoisotopic (exact) mass is 425 g/mol. The molecule has 29 heavy (non-hydrogen) atoms. The Morgan fingerprint density at radius 3 is 2.76 bits per heavy atom. The molecule has 1 aromatic heterocycles. The van der Waals surface area contributed by atoms with Gasteiger partial charge in [0.2, 0.25) is 0 Å². The molecule has 0 spiro atoms. The van der Waals surface area contributed by atoms with Gasteiger partial charge in [-0.3, -0.25) is 4.18 Å². The number of hydrogen-bond donors (Lipinski definition) is 0. The van der Waals surface area contributed by atoms with Gasteiger partial charge in [0.1, 0.15) is 25.0 Å². The summed E-state index contributed by atoms with van der Waals surface area (Å²) >= 11 is 0. The first-order valence-corrected chi connectivity index (χ1v) is 10.6. The van der Waals surface area contributed by atoms with E-state index >= 15 is 0 Å². The molecule has 0 saturated carbocycles. The topological polar surface area (TPSA) is 123 Å². The summed E-state index contributed by atoms with van der Waals surface area (Å²) in [6.07, 6.45) is 3.95. The molecular formula is C18H23N3O7S. The third-order valence-electron chi connectivity index (χ3n) is 4.46. The zero-order valence-electron chi connectivity index (χ0n) is 16.0. The summed E-state index contributed by atoms with van der Waals surface area (Å²) in [5.74, 6) is -0.357. The van der Waals surface area contributed by atoms with Crippen molar-refractivity contribution >= 4 is 16.1 Å². The second-order valence-corrected chi connectivity index (χ2v) is 8.36. The summed E-state index contributed by atoms with van der Waals surface area (Å²) in [5, 5.41) is 11.1. The molecule has 0 aliphatic carbocycles. The molecule has 0 amide bonds. The largest absolute Gasteiger partial charge is 0.434 e. The molecule has 1 aliphatic heterocycles. The Balaban J connectivity index is 1.72. The number of imidazole rings is 1. The maximum Gasteiger partial charge on any atom is 0.434 e. The molecule has 0 N–H and O–H groups in total. The lowest BCUT2D eigenvalue weighted by atomic mass is 10.2. The first-order chi connectivity index (χ1) is 13.8. The molecule has 11 heteroatoms. The van der Waals surface area contributed by atoms with E-state index in [4.69, 9.17) is 13.7 Å². The highest BCUT2D eigenvalue weighted by atomic mass is 32.2. The third kappa shape index (κ3) is 5.82. The molecule has 0 bridgehead atoms. The van der Waals surface area contributed by atoms with Gasteiger partial charge in [-0.25, -0.2) is 4.57 Å². The van der Waals surface area contributed by atoms with E-state index in [9.17, 15) is 18.5 Å². The van der Waals surface area contributed by atoms with Crippen molar-refractivity contribution in [3.05, 3.63) is 52.3 Å². The van der Waals surface area contributed by atoms with Crippen molar-refractivity contribution in [2.45, 2.75) is 50.0 Å². The molecule has 10 nitrogen and oxygen atoms in total. The summed E-state index contributed by atoms with van der Waals surface area (Å²) in [7, 11) is -4.00. The highest BCUT2D eigenvalue weighted by Gasteiger charge is 2.27. The zero-order valence-corrected chi connectivity index (χ0v) is 16.8. The van der Waals surface area contributed by atoms with Crippen LogP contribution in [0.5, 0.6) is 0 Å². The van der Waals surface area contributed by atoms with Crippen molar-refractivity contribution in [1.82, 2.24) is 9.55 Å². The van der Waals surface area contributed by atoms with Crippen molar-refractivity contribution in [3.63, 3.8) is 0 Å². The van der Waals surface area contributed by atoms with E-state index in [1.807, 2.05) is 6.92 Å². The van der Waals surface area contributed by atoms with Crippen LogP contribution in [0.15, 0.2) is 41.6 Å². The Kier molecular flexibility index (Phi) is 6.96. The number of aromatic nitrogens is 2. The molecule has 158 valence electrons. The lowest BCUT2D eigenvalue weighted by Crippen LogP contribution is -2.34. The lowest BCUT2D eigenvalue weighted by Gasteiger charge is -2.27. The van der Waals surface area contributed by atoms with E-state index in [2.05, 4.69) is 4.98 Å². The van der Waals surface area contributed by atoms with Gasteiger partial charge in [0.05, 0.1) is 11.5 Å². The average Bonchev–Trinajstić information content (AvgIpc) is 3.16. The second-order valence-electron chi connectivity index (χ2n) is 6.74. The minimum atomic E-state index is -4.00. The lowest BCUT2D eigenvalue weighted by molar-refractivity contribution is -0.397. The van der Waals surface area contributed by atoms with Gasteiger partial charge in [0.25, 0.3) is 10.1 Å². The van der Waals surface area contributed by atoms with Crippen molar-refractivity contribution in [2.75, 3.05) is 13.2 Å². The highest BCUT2D eigenvalue weighted by molar-refractivity contribution is 7.86. The summed E-state index contributed by atoms with van der Waals surface area (Å²) in [4.78, 5) is 14.2. The fraction of sp³-hybridized carbons (Fsp3) is 0.500. The number of nitrogens with zero attached hydrogens (tertiary/aromatic N) is 3. The van der Waals surface area contributed by atoms with Crippen LogP contribution in [-0.2, 0) is 30.3 Å². The van der Waals surface area contributed by atoms with Gasteiger partial charge in [-0.2, -0.15) is 8.42 Å². The van der Waals surface area contributed by atoms with Crippen LogP contribution in [0.1, 0.15) is 24.8 Å². The second kappa shape index (κ2) is 9.44. The predicted molar refractivity (Wildman–Crippen MR) is 102 cm³/mol. The van der Waals surface area contributed by atoms with Gasteiger partial charge in [0.15, 0.2) is 6.29 Å². The number of rotatable bonds is 9. The summed E-state index contributed by atoms with van der Waals surface area (Å²) in [6, 6.07) is 6.28. The molecule has 1 aromatic carbocycles. The number of hydrogen-bond acceptors (Lipinski definition) is 8. The van der Waals surface area contributed by atoms with Gasteiger partial charge in [-0.15, -0.1) is 0 Å². The SMILES string of the molecule is Cc1ccc(S(=O)(=O)OCC(Cn2ccnc2[N+](=O)[O-])OC2CCCCO2)cc1. The van der Waals surface area contributed by atoms with E-state index in [0.29, 0.717) is 13.0 Å². The number of nitro groups is 1. The van der Waals surface area contributed by atoms with Crippen LogP contribution < -0.4 is 0 Å². The minimum Gasteiger partial charge on any atom is -0.390 e. The predicted octanol–water partition coefficient (Wildman–Crippen LogP) is 2.42. The van der Waals surface area contributed by atoms with E-state index < -0.39 is 27.4 Å². The van der Waals surface area contributed by atoms with Crippen molar-refractivity contribution in [1.29, 1.82) is 0 Å². The van der Waals surface area contributed by atoms with E-state index in [1.54, 1.807) is 12.1 Å². The van der Waals surface area contributed by atoms with Crippen LogP contribution in [0.3, 0.4) is 0 Å². The Hall–Kier alpha value is -2.34. The van der Waals surface area contributed by atoms with Crippen molar-refractivity contribution < 1.29 is 27.0 Å². The maximum atomic E-state index is 12.5. The molecule has 0 radical (unpaired) electrons. The summed E-state index contributed by atoms with van der Waals surface area (Å²) in [6.45, 7) is 2.08. The molecule has 1 saturated heterocycles. The number of ether oxygens (including phenoxy) is 2. The Bertz CT molecular complexity index is 921. The smallest absolute Gasteiger partial charge is 0.390 e. The Labute approximate surface area is 168 Å². The highest BCUT2D eigenvalue weighted by Crippen LogP contribution is 2.20. The zero-order chi connectivity index (χ0) is 20.9. The normalized spacial score (nSPS) is 18.4. The van der Waals surface area contributed by atoms with Gasteiger partial charge < -0.3 is 19.6 Å². The van der Waals surface area contributed by atoms with Crippen LogP contribution in [0, 0.1) is 17.0 Å². The Morgan fingerprint density at radius 2 is 2.10 bits per heavy atom. The molecule has 1 fully saturated rings. The maximum absolute atomic E-state index is 12.5. The first kappa shape index (κ1) is 21.4. The van der Waals surface area contributed by atoms with E-state index in [-0.39, 0.29) is 24.0 Å². The van der Waals surface area contributed by atoms with Gasteiger partial charge in [-0.1, -0.05) is 22.7 Å². The number of aryl methyl sites for hydroxylation is 1. The molecular weight excluding hydrogens is 402 g/mol. The first-order valence-electron chi connectivity index (χ1n) is 9.24. The van der Waals surface area contributed by atoms with Crippen molar-refractivity contribution in [3.8, 4) is 0 Å². The fourth-order valence-corrected chi connectivity index (χ4v) is 3.88. The quantitative estimate of drug-likeness (QED) is 0.341. The van der Waals surface area contributed by atoms with Crippen LogP contribution >= 0.6 is 0 Å². The molecule has 2 aromatic rings. The van der Waals surface area contributed by atoms with Crippen LogP contribution in [0.25, 0.3) is 0 Å². The van der Waals surface area contributed by atoms with E-state index in [1.165, 1.54) is 29.1 Å². The number of benzene rings is 1. The molecule has 1 aliphatic rings. The minimum absolute atomic E-state index is 0.000406. The van der Waals surface area contributed by atoms with Crippen LogP contribution in [0.2, 0.25) is 0 Å². The van der Waals surface area contributed by atoms with E-state index in [0.717, 1.165) is 18.4 Å². The third-order valence-corrected chi connectivity index (χ3v) is 5.75. The van der Waals surface area contributed by atoms with Crippen LogP contribution in [0.4, 0.5) is 5.95 Å². The van der Waals surface area contributed by atoms with Gasteiger partial charge >= 0.3 is 5.95 Å².